The second-order valence-electron chi connectivity index (χ2n) is 6.09. The molecule has 0 aromatic heterocycles. The Morgan fingerprint density at radius 2 is 2.17 bits per heavy atom. The number of carbonyl (C=O) groups excluding carboxylic acids is 1. The second kappa shape index (κ2) is 7.21. The number of hydrogen-bond donors (Lipinski definition) is 0. The van der Waals surface area contributed by atoms with Crippen LogP contribution in [0.5, 0.6) is 5.75 Å². The maximum Gasteiger partial charge on any atom is 0.312 e. The molecule has 7 heteroatoms. The van der Waals surface area contributed by atoms with Gasteiger partial charge in [0.05, 0.1) is 4.92 Å². The highest BCUT2D eigenvalue weighted by Crippen LogP contribution is 2.34. The van der Waals surface area contributed by atoms with E-state index in [1.54, 1.807) is 0 Å². The molecule has 0 saturated heterocycles. The van der Waals surface area contributed by atoms with Crippen LogP contribution < -0.4 is 4.74 Å². The van der Waals surface area contributed by atoms with Crippen molar-refractivity contribution in [2.24, 2.45) is 0 Å². The standard InChI is InChI=1S/C17H19ClN2O4/c18-12-6-9-16(15(10-12)20(22)23)24-11-17(21)19(14-7-8-14)13-4-2-1-3-5-13/h4,6,9-10,14H,1-3,5,7-8,11H2. The summed E-state index contributed by atoms with van der Waals surface area (Å²) in [6.45, 7) is -0.212. The number of benzene rings is 1. The number of hydrogen-bond acceptors (Lipinski definition) is 4. The minimum absolute atomic E-state index is 0.0612. The molecule has 0 unspecified atom stereocenters. The topological polar surface area (TPSA) is 72.7 Å². The molecule has 1 aromatic rings. The third kappa shape index (κ3) is 3.87. The van der Waals surface area contributed by atoms with Gasteiger partial charge in [-0.05, 0) is 50.7 Å². The monoisotopic (exact) mass is 350 g/mol. The fraction of sp³-hybridized carbons (Fsp3) is 0.471. The van der Waals surface area contributed by atoms with Gasteiger partial charge < -0.3 is 9.64 Å². The number of allylic oxidation sites excluding steroid dienone is 2. The Labute approximate surface area is 145 Å². The first-order valence-corrected chi connectivity index (χ1v) is 8.52. The van der Waals surface area contributed by atoms with Crippen LogP contribution in [0.4, 0.5) is 5.69 Å². The largest absolute Gasteiger partial charge is 0.477 e. The molecule has 1 amide bonds. The third-order valence-electron chi connectivity index (χ3n) is 4.23. The average molecular weight is 351 g/mol. The van der Waals surface area contributed by atoms with Crippen molar-refractivity contribution in [3.8, 4) is 5.75 Å². The van der Waals surface area contributed by atoms with E-state index in [4.69, 9.17) is 16.3 Å². The number of nitrogens with zero attached hydrogens (tertiary/aromatic N) is 2. The number of carbonyl (C=O) groups is 1. The first-order chi connectivity index (χ1) is 11.6. The molecule has 3 rings (SSSR count). The molecule has 2 aliphatic rings. The summed E-state index contributed by atoms with van der Waals surface area (Å²) in [7, 11) is 0. The lowest BCUT2D eigenvalue weighted by molar-refractivity contribution is -0.385. The normalized spacial score (nSPS) is 17.1. The molecule has 24 heavy (non-hydrogen) atoms. The van der Waals surface area contributed by atoms with Gasteiger partial charge in [0.25, 0.3) is 5.91 Å². The summed E-state index contributed by atoms with van der Waals surface area (Å²) in [5.74, 6) is -0.0824. The van der Waals surface area contributed by atoms with E-state index < -0.39 is 4.92 Å². The fourth-order valence-corrected chi connectivity index (χ4v) is 3.10. The lowest BCUT2D eigenvalue weighted by atomic mass is 10.0. The average Bonchev–Trinajstić information content (AvgIpc) is 3.39. The van der Waals surface area contributed by atoms with E-state index in [2.05, 4.69) is 6.08 Å². The summed E-state index contributed by atoms with van der Waals surface area (Å²) in [5, 5.41) is 11.3. The van der Waals surface area contributed by atoms with Crippen molar-refractivity contribution in [2.75, 3.05) is 6.61 Å². The Balaban J connectivity index is 1.70. The maximum atomic E-state index is 12.6. The van der Waals surface area contributed by atoms with Crippen molar-refractivity contribution >= 4 is 23.2 Å². The van der Waals surface area contributed by atoms with E-state index in [0.717, 1.165) is 44.2 Å². The minimum Gasteiger partial charge on any atom is -0.477 e. The molecule has 0 spiro atoms. The molecule has 1 saturated carbocycles. The Hall–Kier alpha value is -2.08. The molecule has 6 nitrogen and oxygen atoms in total. The molecule has 0 radical (unpaired) electrons. The van der Waals surface area contributed by atoms with Crippen LogP contribution in [0.25, 0.3) is 0 Å². The second-order valence-corrected chi connectivity index (χ2v) is 6.53. The van der Waals surface area contributed by atoms with Crippen molar-refractivity contribution in [2.45, 2.75) is 44.6 Å². The first-order valence-electron chi connectivity index (χ1n) is 8.14. The van der Waals surface area contributed by atoms with Gasteiger partial charge in [0.15, 0.2) is 12.4 Å². The highest BCUT2D eigenvalue weighted by atomic mass is 35.5. The van der Waals surface area contributed by atoms with E-state index in [9.17, 15) is 14.9 Å². The van der Waals surface area contributed by atoms with Crippen LogP contribution in [0, 0.1) is 10.1 Å². The van der Waals surface area contributed by atoms with Crippen LogP contribution >= 0.6 is 11.6 Å². The molecule has 0 aliphatic heterocycles. The molecule has 128 valence electrons. The number of nitro benzene ring substituents is 1. The van der Waals surface area contributed by atoms with Gasteiger partial charge in [-0.2, -0.15) is 0 Å². The Morgan fingerprint density at radius 3 is 2.79 bits per heavy atom. The number of ether oxygens (including phenoxy) is 1. The lowest BCUT2D eigenvalue weighted by Gasteiger charge is -2.27. The van der Waals surface area contributed by atoms with Gasteiger partial charge in [-0.15, -0.1) is 0 Å². The zero-order chi connectivity index (χ0) is 17.1. The molecule has 0 heterocycles. The van der Waals surface area contributed by atoms with Gasteiger partial charge in [0.1, 0.15) is 0 Å². The quantitative estimate of drug-likeness (QED) is 0.572. The van der Waals surface area contributed by atoms with Crippen molar-refractivity contribution in [1.82, 2.24) is 4.90 Å². The van der Waals surface area contributed by atoms with Crippen LogP contribution in [0.15, 0.2) is 30.0 Å². The van der Waals surface area contributed by atoms with Gasteiger partial charge >= 0.3 is 5.69 Å². The van der Waals surface area contributed by atoms with Crippen LogP contribution in [0.2, 0.25) is 5.02 Å². The van der Waals surface area contributed by atoms with E-state index >= 15 is 0 Å². The van der Waals surface area contributed by atoms with Crippen molar-refractivity contribution in [3.63, 3.8) is 0 Å². The number of halogens is 1. The number of nitro groups is 1. The highest BCUT2D eigenvalue weighted by molar-refractivity contribution is 6.30. The zero-order valence-electron chi connectivity index (χ0n) is 13.2. The summed E-state index contributed by atoms with van der Waals surface area (Å²) >= 11 is 5.78. The van der Waals surface area contributed by atoms with Crippen LogP contribution in [0.3, 0.4) is 0 Å². The lowest BCUT2D eigenvalue weighted by Crippen LogP contribution is -2.36. The smallest absolute Gasteiger partial charge is 0.312 e. The Kier molecular flexibility index (Phi) is 5.04. The highest BCUT2D eigenvalue weighted by Gasteiger charge is 2.35. The maximum absolute atomic E-state index is 12.6. The summed E-state index contributed by atoms with van der Waals surface area (Å²) in [6, 6.07) is 4.42. The van der Waals surface area contributed by atoms with E-state index in [-0.39, 0.29) is 35.0 Å². The van der Waals surface area contributed by atoms with Gasteiger partial charge in [-0.25, -0.2) is 0 Å². The van der Waals surface area contributed by atoms with Crippen LogP contribution in [0.1, 0.15) is 38.5 Å². The number of amides is 1. The molecule has 0 bridgehead atoms. The van der Waals surface area contributed by atoms with E-state index in [1.807, 2.05) is 4.90 Å². The van der Waals surface area contributed by atoms with E-state index in [1.165, 1.54) is 18.2 Å². The van der Waals surface area contributed by atoms with Crippen LogP contribution in [-0.4, -0.2) is 28.4 Å². The van der Waals surface area contributed by atoms with Crippen molar-refractivity contribution in [3.05, 3.63) is 45.1 Å². The summed E-state index contributed by atoms with van der Waals surface area (Å²) in [6.07, 6.45) is 8.28. The number of rotatable bonds is 6. The Morgan fingerprint density at radius 1 is 1.38 bits per heavy atom. The molecule has 1 aromatic carbocycles. The van der Waals surface area contributed by atoms with Crippen molar-refractivity contribution in [1.29, 1.82) is 0 Å². The summed E-state index contributed by atoms with van der Waals surface area (Å²) in [4.78, 5) is 25.0. The molecule has 0 N–H and O–H groups in total. The Bertz CT molecular complexity index is 685. The molecular weight excluding hydrogens is 332 g/mol. The van der Waals surface area contributed by atoms with Gasteiger partial charge in [0, 0.05) is 22.8 Å². The van der Waals surface area contributed by atoms with Gasteiger partial charge in [-0.1, -0.05) is 17.7 Å². The van der Waals surface area contributed by atoms with Crippen LogP contribution in [-0.2, 0) is 4.79 Å². The first kappa shape index (κ1) is 16.8. The molecule has 2 aliphatic carbocycles. The van der Waals surface area contributed by atoms with Crippen molar-refractivity contribution < 1.29 is 14.5 Å². The van der Waals surface area contributed by atoms with Gasteiger partial charge in [0.2, 0.25) is 0 Å². The molecule has 1 fully saturated rings. The summed E-state index contributed by atoms with van der Waals surface area (Å²) < 4.78 is 5.45. The predicted octanol–water partition coefficient (Wildman–Crippen LogP) is 4.08. The SMILES string of the molecule is O=C(COc1ccc(Cl)cc1[N+](=O)[O-])N(C1=CCCCC1)C1CC1. The minimum atomic E-state index is -0.561. The molecule has 0 atom stereocenters. The van der Waals surface area contributed by atoms with E-state index in [0.29, 0.717) is 0 Å². The zero-order valence-corrected chi connectivity index (χ0v) is 14.0. The fourth-order valence-electron chi connectivity index (χ4n) is 2.94. The predicted molar refractivity (Wildman–Crippen MR) is 90.0 cm³/mol. The summed E-state index contributed by atoms with van der Waals surface area (Å²) in [5.41, 5.74) is 0.841. The third-order valence-corrected chi connectivity index (χ3v) is 4.46. The molecular formula is C17H19ClN2O4. The van der Waals surface area contributed by atoms with Gasteiger partial charge in [-0.3, -0.25) is 14.9 Å².